The Bertz CT molecular complexity index is 654. The molecule has 0 saturated heterocycles. The first kappa shape index (κ1) is 16.5. The molecule has 120 valence electrons. The molecule has 23 heavy (non-hydrogen) atoms. The summed E-state index contributed by atoms with van der Waals surface area (Å²) in [5.41, 5.74) is 2.53. The second-order valence-electron chi connectivity index (χ2n) is 5.27. The highest BCUT2D eigenvalue weighted by molar-refractivity contribution is 5.96. The van der Waals surface area contributed by atoms with Crippen LogP contribution >= 0.6 is 0 Å². The van der Waals surface area contributed by atoms with Gasteiger partial charge in [0.15, 0.2) is 0 Å². The van der Waals surface area contributed by atoms with E-state index in [1.54, 1.807) is 14.0 Å². The number of hydrogen-bond acceptors (Lipinski definition) is 3. The second-order valence-corrected chi connectivity index (χ2v) is 5.27. The summed E-state index contributed by atoms with van der Waals surface area (Å²) in [4.78, 5) is 23.5. The van der Waals surface area contributed by atoms with Crippen molar-refractivity contribution in [2.75, 3.05) is 17.7 Å². The predicted octanol–water partition coefficient (Wildman–Crippen LogP) is 2.41. The Morgan fingerprint density at radius 3 is 2.22 bits per heavy atom. The van der Waals surface area contributed by atoms with Crippen molar-refractivity contribution in [3.05, 3.63) is 60.2 Å². The number of carbonyl (C=O) groups is 2. The molecule has 0 radical (unpaired) electrons. The lowest BCUT2D eigenvalue weighted by Gasteiger charge is -2.15. The molecule has 5 nitrogen and oxygen atoms in total. The summed E-state index contributed by atoms with van der Waals surface area (Å²) in [7, 11) is 1.62. The summed E-state index contributed by atoms with van der Waals surface area (Å²) in [6.45, 7) is 1.80. The molecule has 0 aliphatic heterocycles. The third-order valence-corrected chi connectivity index (χ3v) is 3.42. The van der Waals surface area contributed by atoms with Crippen molar-refractivity contribution in [1.29, 1.82) is 0 Å². The molecule has 3 N–H and O–H groups in total. The largest absolute Gasteiger partial charge is 0.374 e. The first-order valence-corrected chi connectivity index (χ1v) is 7.50. The minimum Gasteiger partial charge on any atom is -0.374 e. The zero-order chi connectivity index (χ0) is 16.7. The fourth-order valence-electron chi connectivity index (χ4n) is 2.08. The van der Waals surface area contributed by atoms with Crippen LogP contribution < -0.4 is 16.0 Å². The number of hydrogen-bond donors (Lipinski definition) is 3. The third-order valence-electron chi connectivity index (χ3n) is 3.42. The van der Waals surface area contributed by atoms with Gasteiger partial charge in [0.05, 0.1) is 6.42 Å². The van der Waals surface area contributed by atoms with Gasteiger partial charge in [0.2, 0.25) is 11.8 Å². The Hall–Kier alpha value is -2.82. The molecule has 0 aromatic heterocycles. The SMILES string of the molecule is CNC(=O)Cc1ccc(N[C@H](C)C(=O)Nc2ccccc2)cc1. The van der Waals surface area contributed by atoms with E-state index in [0.29, 0.717) is 6.42 Å². The van der Waals surface area contributed by atoms with Gasteiger partial charge in [0.25, 0.3) is 0 Å². The first-order valence-electron chi connectivity index (χ1n) is 7.50. The quantitative estimate of drug-likeness (QED) is 0.767. The molecular formula is C18H21N3O2. The van der Waals surface area contributed by atoms with E-state index in [1.807, 2.05) is 54.6 Å². The van der Waals surface area contributed by atoms with Crippen molar-refractivity contribution in [2.24, 2.45) is 0 Å². The van der Waals surface area contributed by atoms with Gasteiger partial charge < -0.3 is 16.0 Å². The number of amides is 2. The van der Waals surface area contributed by atoms with E-state index in [2.05, 4.69) is 16.0 Å². The maximum atomic E-state index is 12.1. The molecule has 2 amide bonds. The van der Waals surface area contributed by atoms with Crippen LogP contribution in [0.3, 0.4) is 0 Å². The van der Waals surface area contributed by atoms with Gasteiger partial charge in [-0.1, -0.05) is 30.3 Å². The van der Waals surface area contributed by atoms with Crippen LogP contribution in [0.25, 0.3) is 0 Å². The van der Waals surface area contributed by atoms with Crippen LogP contribution in [-0.2, 0) is 16.0 Å². The molecule has 2 rings (SSSR count). The number of likely N-dealkylation sites (N-methyl/N-ethyl adjacent to an activating group) is 1. The monoisotopic (exact) mass is 311 g/mol. The van der Waals surface area contributed by atoms with Crippen molar-refractivity contribution < 1.29 is 9.59 Å². The minimum atomic E-state index is -0.375. The Morgan fingerprint density at radius 1 is 0.957 bits per heavy atom. The van der Waals surface area contributed by atoms with Crippen molar-refractivity contribution in [3.8, 4) is 0 Å². The highest BCUT2D eigenvalue weighted by Crippen LogP contribution is 2.12. The van der Waals surface area contributed by atoms with Gasteiger partial charge in [-0.25, -0.2) is 0 Å². The summed E-state index contributed by atoms with van der Waals surface area (Å²) in [5, 5.41) is 8.59. The Balaban J connectivity index is 1.90. The zero-order valence-electron chi connectivity index (χ0n) is 13.3. The van der Waals surface area contributed by atoms with Crippen LogP contribution in [0, 0.1) is 0 Å². The highest BCUT2D eigenvalue weighted by Gasteiger charge is 2.12. The van der Waals surface area contributed by atoms with E-state index in [1.165, 1.54) is 0 Å². The van der Waals surface area contributed by atoms with Crippen molar-refractivity contribution in [1.82, 2.24) is 5.32 Å². The summed E-state index contributed by atoms with van der Waals surface area (Å²) in [6, 6.07) is 16.4. The molecule has 0 saturated carbocycles. The summed E-state index contributed by atoms with van der Waals surface area (Å²) < 4.78 is 0. The van der Waals surface area contributed by atoms with Crippen molar-refractivity contribution in [3.63, 3.8) is 0 Å². The lowest BCUT2D eigenvalue weighted by atomic mass is 10.1. The normalized spacial score (nSPS) is 11.4. The van der Waals surface area contributed by atoms with E-state index in [4.69, 9.17) is 0 Å². The molecule has 2 aromatic carbocycles. The fraction of sp³-hybridized carbons (Fsp3) is 0.222. The molecule has 0 fully saturated rings. The number of anilines is 2. The molecule has 2 aromatic rings. The molecule has 0 spiro atoms. The molecule has 0 unspecified atom stereocenters. The topological polar surface area (TPSA) is 70.2 Å². The summed E-state index contributed by atoms with van der Waals surface area (Å²) >= 11 is 0. The Kier molecular flexibility index (Phi) is 5.74. The van der Waals surface area contributed by atoms with E-state index in [9.17, 15) is 9.59 Å². The smallest absolute Gasteiger partial charge is 0.246 e. The standard InChI is InChI=1S/C18H21N3O2/c1-13(18(23)21-15-6-4-3-5-7-15)20-16-10-8-14(9-11-16)12-17(22)19-2/h3-11,13,20H,12H2,1-2H3,(H,19,22)(H,21,23)/t13-/m1/s1. The van der Waals surface area contributed by atoms with Crippen molar-refractivity contribution in [2.45, 2.75) is 19.4 Å². The second kappa shape index (κ2) is 7.98. The number of benzene rings is 2. The predicted molar refractivity (Wildman–Crippen MR) is 92.4 cm³/mol. The van der Waals surface area contributed by atoms with Crippen LogP contribution in [0.4, 0.5) is 11.4 Å². The van der Waals surface area contributed by atoms with E-state index in [-0.39, 0.29) is 17.9 Å². The van der Waals surface area contributed by atoms with Gasteiger partial charge in [-0.15, -0.1) is 0 Å². The average molecular weight is 311 g/mol. The van der Waals surface area contributed by atoms with Gasteiger partial charge in [-0.3, -0.25) is 9.59 Å². The van der Waals surface area contributed by atoms with Gasteiger partial charge in [0, 0.05) is 18.4 Å². The highest BCUT2D eigenvalue weighted by atomic mass is 16.2. The molecule has 0 aliphatic carbocycles. The molecular weight excluding hydrogens is 290 g/mol. The summed E-state index contributed by atoms with van der Waals surface area (Å²) in [6.07, 6.45) is 0.348. The van der Waals surface area contributed by atoms with Crippen LogP contribution in [0.15, 0.2) is 54.6 Å². The maximum Gasteiger partial charge on any atom is 0.246 e. The zero-order valence-corrected chi connectivity index (χ0v) is 13.3. The average Bonchev–Trinajstić information content (AvgIpc) is 2.57. The molecule has 0 aliphatic rings. The minimum absolute atomic E-state index is 0.0266. The van der Waals surface area contributed by atoms with Crippen molar-refractivity contribution >= 4 is 23.2 Å². The van der Waals surface area contributed by atoms with E-state index in [0.717, 1.165) is 16.9 Å². The van der Waals surface area contributed by atoms with Crippen LogP contribution in [0.5, 0.6) is 0 Å². The fourth-order valence-corrected chi connectivity index (χ4v) is 2.08. The molecule has 0 bridgehead atoms. The first-order chi connectivity index (χ1) is 11.1. The summed E-state index contributed by atoms with van der Waals surface area (Å²) in [5.74, 6) is -0.132. The molecule has 5 heteroatoms. The van der Waals surface area contributed by atoms with Crippen LogP contribution in [-0.4, -0.2) is 24.9 Å². The molecule has 1 atom stereocenters. The van der Waals surface area contributed by atoms with Gasteiger partial charge in [-0.05, 0) is 36.8 Å². The number of para-hydroxylation sites is 1. The van der Waals surface area contributed by atoms with E-state index < -0.39 is 0 Å². The number of carbonyl (C=O) groups excluding carboxylic acids is 2. The number of rotatable bonds is 6. The Morgan fingerprint density at radius 2 is 1.61 bits per heavy atom. The molecule has 0 heterocycles. The van der Waals surface area contributed by atoms with Gasteiger partial charge >= 0.3 is 0 Å². The lowest BCUT2D eigenvalue weighted by molar-refractivity contribution is -0.120. The lowest BCUT2D eigenvalue weighted by Crippen LogP contribution is -2.31. The van der Waals surface area contributed by atoms with Gasteiger partial charge in [0.1, 0.15) is 6.04 Å². The Labute approximate surface area is 136 Å². The van der Waals surface area contributed by atoms with E-state index >= 15 is 0 Å². The van der Waals surface area contributed by atoms with Crippen LogP contribution in [0.1, 0.15) is 12.5 Å². The number of nitrogens with one attached hydrogen (secondary N) is 3. The maximum absolute atomic E-state index is 12.1. The van der Waals surface area contributed by atoms with Crippen LogP contribution in [0.2, 0.25) is 0 Å². The third kappa shape index (κ3) is 5.14. The van der Waals surface area contributed by atoms with Gasteiger partial charge in [-0.2, -0.15) is 0 Å².